The molecule has 0 saturated carbocycles. The highest BCUT2D eigenvalue weighted by molar-refractivity contribution is 7.65. The maximum atomic E-state index is 6.54. The van der Waals surface area contributed by atoms with Crippen LogP contribution in [0.5, 0.6) is 0 Å². The lowest BCUT2D eigenvalue weighted by Crippen LogP contribution is -2.25. The third-order valence-corrected chi connectivity index (χ3v) is 9.45. The summed E-state index contributed by atoms with van der Waals surface area (Å²) >= 11 is 19.6. The summed E-state index contributed by atoms with van der Waals surface area (Å²) in [5.41, 5.74) is 7.60. The van der Waals surface area contributed by atoms with Crippen LogP contribution in [0, 0.1) is 0 Å². The molecule has 1 aliphatic rings. The fraction of sp³-hybridized carbons (Fsp3) is 0.182. The van der Waals surface area contributed by atoms with E-state index >= 15 is 0 Å². The molecule has 0 saturated heterocycles. The van der Waals surface area contributed by atoms with Crippen LogP contribution in [0.2, 0.25) is 5.54 Å². The fourth-order valence-electron chi connectivity index (χ4n) is 4.15. The summed E-state index contributed by atoms with van der Waals surface area (Å²) < 4.78 is 0. The molecule has 1 aliphatic carbocycles. The van der Waals surface area contributed by atoms with E-state index in [1.165, 1.54) is 33.4 Å². The van der Waals surface area contributed by atoms with Crippen molar-refractivity contribution in [3.8, 4) is 22.3 Å². The molecule has 26 heavy (non-hydrogen) atoms. The highest BCUT2D eigenvalue weighted by atomic mass is 35.8. The third-order valence-electron chi connectivity index (χ3n) is 5.34. The van der Waals surface area contributed by atoms with Crippen molar-refractivity contribution in [1.29, 1.82) is 0 Å². The molecule has 0 fully saturated rings. The van der Waals surface area contributed by atoms with Crippen LogP contribution < -0.4 is 0 Å². The van der Waals surface area contributed by atoms with Crippen molar-refractivity contribution in [2.75, 3.05) is 0 Å². The van der Waals surface area contributed by atoms with Gasteiger partial charge in [0.15, 0.2) is 0 Å². The Kier molecular flexibility index (Phi) is 4.92. The largest absolute Gasteiger partial charge is 0.345 e. The molecule has 132 valence electrons. The molecule has 0 amide bonds. The van der Waals surface area contributed by atoms with Crippen molar-refractivity contribution in [2.45, 2.75) is 24.8 Å². The Morgan fingerprint density at radius 1 is 0.769 bits per heavy atom. The monoisotopic (exact) mass is 416 g/mol. The first-order valence-corrected chi connectivity index (χ1v) is 14.0. The van der Waals surface area contributed by atoms with Crippen molar-refractivity contribution in [3.63, 3.8) is 0 Å². The topological polar surface area (TPSA) is 0 Å². The molecule has 0 N–H and O–H groups in total. The quantitative estimate of drug-likeness (QED) is 0.299. The lowest BCUT2D eigenvalue weighted by Gasteiger charge is -2.29. The molecular weight excluding hydrogens is 399 g/mol. The average molecular weight is 418 g/mol. The Bertz CT molecular complexity index is 932. The molecule has 4 rings (SSSR count). The van der Waals surface area contributed by atoms with Crippen LogP contribution in [0.4, 0.5) is 0 Å². The van der Waals surface area contributed by atoms with Crippen molar-refractivity contribution in [1.82, 2.24) is 0 Å². The third kappa shape index (κ3) is 3.12. The van der Waals surface area contributed by atoms with E-state index in [1.807, 2.05) is 6.07 Å². The zero-order chi connectivity index (χ0) is 18.3. The number of benzene rings is 3. The summed E-state index contributed by atoms with van der Waals surface area (Å²) in [6.07, 6.45) is 0.858. The first-order chi connectivity index (χ1) is 12.5. The second-order valence-corrected chi connectivity index (χ2v) is 15.7. The van der Waals surface area contributed by atoms with Gasteiger partial charge < -0.3 is 0 Å². The molecule has 0 aliphatic heterocycles. The molecule has 4 heteroatoms. The minimum absolute atomic E-state index is 0.0564. The first kappa shape index (κ1) is 18.1. The number of hydrogen-bond donors (Lipinski definition) is 0. The minimum Gasteiger partial charge on any atom is -0.126 e. The molecular formula is C22H19Cl3Si. The standard InChI is InChI=1S/C22H19Cl3Si/c1-2-21(26(23,24)25)22-19-11-7-6-10-17(19)18-13-12-16(14-20(18)22)15-8-4-3-5-9-15/h3-14,21-22H,2H2,1H3. The smallest absolute Gasteiger partial charge is 0.126 e. The molecule has 2 unspecified atom stereocenters. The molecule has 0 radical (unpaired) electrons. The van der Waals surface area contributed by atoms with Gasteiger partial charge in [-0.25, -0.2) is 0 Å². The summed E-state index contributed by atoms with van der Waals surface area (Å²) in [6.45, 7) is 2.13. The molecule has 0 spiro atoms. The molecule has 0 aromatic heterocycles. The Balaban J connectivity index is 1.91. The van der Waals surface area contributed by atoms with Crippen LogP contribution in [0.3, 0.4) is 0 Å². The second kappa shape index (κ2) is 7.05. The Labute approximate surface area is 169 Å². The summed E-state index contributed by atoms with van der Waals surface area (Å²) in [5, 5.41) is 0. The predicted molar refractivity (Wildman–Crippen MR) is 117 cm³/mol. The molecule has 0 nitrogen and oxygen atoms in total. The molecule has 0 bridgehead atoms. The van der Waals surface area contributed by atoms with Crippen molar-refractivity contribution in [2.24, 2.45) is 0 Å². The fourth-order valence-corrected chi connectivity index (χ4v) is 7.87. The Morgan fingerprint density at radius 3 is 2.12 bits per heavy atom. The van der Waals surface area contributed by atoms with Crippen molar-refractivity contribution >= 4 is 39.2 Å². The van der Waals surface area contributed by atoms with Gasteiger partial charge in [-0.2, -0.15) is 0 Å². The predicted octanol–water partition coefficient (Wildman–Crippen LogP) is 7.90. The Hall–Kier alpha value is -1.25. The summed E-state index contributed by atoms with van der Waals surface area (Å²) in [5.74, 6) is 0.147. The van der Waals surface area contributed by atoms with E-state index in [0.29, 0.717) is 0 Å². The SMILES string of the molecule is CCC(C1c2ccccc2-c2ccc(-c3ccccc3)cc21)[Si](Cl)(Cl)Cl. The number of fused-ring (bicyclic) bond motifs is 3. The van der Waals surface area contributed by atoms with Crippen LogP contribution in [-0.4, -0.2) is 6.00 Å². The molecule has 2 atom stereocenters. The van der Waals surface area contributed by atoms with Gasteiger partial charge in [0.1, 0.15) is 0 Å². The first-order valence-electron chi connectivity index (χ1n) is 8.86. The van der Waals surface area contributed by atoms with Crippen LogP contribution in [0.15, 0.2) is 72.8 Å². The van der Waals surface area contributed by atoms with Gasteiger partial charge in [0.25, 0.3) is 0 Å². The van der Waals surface area contributed by atoms with Gasteiger partial charge in [-0.1, -0.05) is 80.1 Å². The van der Waals surface area contributed by atoms with Gasteiger partial charge in [-0.05, 0) is 39.4 Å². The normalized spacial score (nSPS) is 16.8. The summed E-state index contributed by atoms with van der Waals surface area (Å²) in [6, 6.07) is 22.8. The number of rotatable bonds is 4. The van der Waals surface area contributed by atoms with E-state index in [-0.39, 0.29) is 11.5 Å². The highest BCUT2D eigenvalue weighted by Crippen LogP contribution is 2.56. The van der Waals surface area contributed by atoms with Crippen LogP contribution in [-0.2, 0) is 0 Å². The second-order valence-electron chi connectivity index (χ2n) is 6.79. The van der Waals surface area contributed by atoms with E-state index in [4.69, 9.17) is 33.2 Å². The van der Waals surface area contributed by atoms with Gasteiger partial charge in [0, 0.05) is 11.5 Å². The van der Waals surface area contributed by atoms with Gasteiger partial charge in [0.05, 0.1) is 0 Å². The number of halogens is 3. The van der Waals surface area contributed by atoms with Gasteiger partial charge in [0.2, 0.25) is 0 Å². The maximum Gasteiger partial charge on any atom is 0.345 e. The molecule has 3 aromatic carbocycles. The zero-order valence-corrected chi connectivity index (χ0v) is 17.7. The Morgan fingerprint density at radius 2 is 1.42 bits per heavy atom. The molecule has 3 aromatic rings. The average Bonchev–Trinajstić information content (AvgIpc) is 2.96. The van der Waals surface area contributed by atoms with Gasteiger partial charge in [-0.15, -0.1) is 33.2 Å². The summed E-state index contributed by atoms with van der Waals surface area (Å²) in [4.78, 5) is 0. The van der Waals surface area contributed by atoms with Crippen LogP contribution in [0.25, 0.3) is 22.3 Å². The van der Waals surface area contributed by atoms with E-state index in [9.17, 15) is 0 Å². The van der Waals surface area contributed by atoms with Gasteiger partial charge >= 0.3 is 6.00 Å². The van der Waals surface area contributed by atoms with Crippen LogP contribution in [0.1, 0.15) is 30.4 Å². The van der Waals surface area contributed by atoms with Crippen molar-refractivity contribution < 1.29 is 0 Å². The zero-order valence-electron chi connectivity index (χ0n) is 14.4. The summed E-state index contributed by atoms with van der Waals surface area (Å²) in [7, 11) is 0. The molecule has 0 heterocycles. The van der Waals surface area contributed by atoms with E-state index < -0.39 is 6.00 Å². The van der Waals surface area contributed by atoms with Crippen LogP contribution >= 0.6 is 33.2 Å². The minimum atomic E-state index is -2.87. The maximum absolute atomic E-state index is 6.54. The van der Waals surface area contributed by atoms with E-state index in [0.717, 1.165) is 6.42 Å². The lowest BCUT2D eigenvalue weighted by atomic mass is 9.90. The number of hydrogen-bond acceptors (Lipinski definition) is 0. The van der Waals surface area contributed by atoms with Gasteiger partial charge in [-0.3, -0.25) is 0 Å². The van der Waals surface area contributed by atoms with E-state index in [1.54, 1.807) is 0 Å². The van der Waals surface area contributed by atoms with E-state index in [2.05, 4.69) is 73.7 Å². The highest BCUT2D eigenvalue weighted by Gasteiger charge is 2.45. The lowest BCUT2D eigenvalue weighted by molar-refractivity contribution is 0.701. The van der Waals surface area contributed by atoms with Crippen molar-refractivity contribution in [3.05, 3.63) is 83.9 Å².